The van der Waals surface area contributed by atoms with Gasteiger partial charge in [-0.05, 0) is 88.5 Å². The molecule has 0 aliphatic carbocycles. The van der Waals surface area contributed by atoms with E-state index in [1.807, 2.05) is 11.3 Å². The van der Waals surface area contributed by atoms with Gasteiger partial charge in [0.15, 0.2) is 0 Å². The highest BCUT2D eigenvalue weighted by molar-refractivity contribution is 7.26. The number of hydrogen-bond donors (Lipinski definition) is 0. The van der Waals surface area contributed by atoms with E-state index in [0.717, 1.165) is 11.4 Å². The predicted octanol–water partition coefficient (Wildman–Crippen LogP) is 15.2. The lowest BCUT2D eigenvalue weighted by Crippen LogP contribution is -1.95. The van der Waals surface area contributed by atoms with Crippen molar-refractivity contribution in [1.82, 2.24) is 9.13 Å². The Morgan fingerprint density at radius 2 is 0.842 bits per heavy atom. The molecule has 0 radical (unpaired) electrons. The standard InChI is InChI=1S/C54H34N2S/c1-3-15-35(16-4-1)37-19-13-21-40(31-37)55-48-26-10-7-23-42(48)46-33-39(29-30-50(46)55)45-34-47-43-24-8-11-27-49(43)56(41-22-14-20-38(32-41)36-17-5-2-6-18-36)53(47)52-44-25-9-12-28-51(44)57-54(45)52/h1-34H. The zero-order valence-corrected chi connectivity index (χ0v) is 31.7. The SMILES string of the molecule is c1ccc(-c2cccc(-n3c4ccccc4c4cc(-c5cc6c7ccccc7n(-c7cccc(-c8ccccc8)c7)c6c6c5sc5ccccc56)ccc43)c2)cc1. The van der Waals surface area contributed by atoms with E-state index >= 15 is 0 Å². The highest BCUT2D eigenvalue weighted by Crippen LogP contribution is 2.48. The molecule has 57 heavy (non-hydrogen) atoms. The molecule has 9 aromatic carbocycles. The van der Waals surface area contributed by atoms with Crippen molar-refractivity contribution in [1.29, 1.82) is 0 Å². The highest BCUT2D eigenvalue weighted by atomic mass is 32.1. The molecule has 0 spiro atoms. The van der Waals surface area contributed by atoms with Crippen molar-refractivity contribution in [3.8, 4) is 44.8 Å². The first-order valence-corrected chi connectivity index (χ1v) is 20.3. The van der Waals surface area contributed by atoms with E-state index in [1.165, 1.54) is 97.2 Å². The Kier molecular flexibility index (Phi) is 7.13. The quantitative estimate of drug-likeness (QED) is 0.166. The van der Waals surface area contributed by atoms with Gasteiger partial charge in [-0.15, -0.1) is 11.3 Å². The summed E-state index contributed by atoms with van der Waals surface area (Å²) >= 11 is 1.90. The summed E-state index contributed by atoms with van der Waals surface area (Å²) in [6.07, 6.45) is 0. The first-order valence-electron chi connectivity index (χ1n) is 19.5. The number of hydrogen-bond acceptors (Lipinski definition) is 1. The Bertz CT molecular complexity index is 3510. The van der Waals surface area contributed by atoms with E-state index in [4.69, 9.17) is 0 Å². The van der Waals surface area contributed by atoms with E-state index < -0.39 is 0 Å². The number of thiophene rings is 1. The van der Waals surface area contributed by atoms with Gasteiger partial charge in [0.05, 0.1) is 22.1 Å². The Morgan fingerprint density at radius 1 is 0.316 bits per heavy atom. The molecule has 0 bridgehead atoms. The lowest BCUT2D eigenvalue weighted by molar-refractivity contribution is 1.18. The number of benzene rings is 9. The molecule has 3 heteroatoms. The van der Waals surface area contributed by atoms with Crippen LogP contribution in [0.15, 0.2) is 206 Å². The Balaban J connectivity index is 1.13. The van der Waals surface area contributed by atoms with Crippen LogP contribution in [0.25, 0.3) is 109 Å². The van der Waals surface area contributed by atoms with Crippen LogP contribution in [0.3, 0.4) is 0 Å². The van der Waals surface area contributed by atoms with Crippen LogP contribution in [-0.4, -0.2) is 9.13 Å². The maximum Gasteiger partial charge on any atom is 0.0634 e. The third kappa shape index (κ3) is 4.96. The topological polar surface area (TPSA) is 9.86 Å². The average Bonchev–Trinajstić information content (AvgIpc) is 3.94. The molecule has 0 unspecified atom stereocenters. The van der Waals surface area contributed by atoms with E-state index in [0.29, 0.717) is 0 Å². The third-order valence-corrected chi connectivity index (χ3v) is 12.9. The van der Waals surface area contributed by atoms with Gasteiger partial charge in [-0.2, -0.15) is 0 Å². The van der Waals surface area contributed by atoms with Crippen LogP contribution in [0.2, 0.25) is 0 Å². The van der Waals surface area contributed by atoms with Gasteiger partial charge in [0.2, 0.25) is 0 Å². The van der Waals surface area contributed by atoms with Gasteiger partial charge < -0.3 is 9.13 Å². The summed E-state index contributed by atoms with van der Waals surface area (Å²) in [5.74, 6) is 0. The van der Waals surface area contributed by atoms with E-state index in [9.17, 15) is 0 Å². The van der Waals surface area contributed by atoms with Gasteiger partial charge in [0.1, 0.15) is 0 Å². The van der Waals surface area contributed by atoms with Crippen LogP contribution in [0.1, 0.15) is 0 Å². The van der Waals surface area contributed by atoms with Gasteiger partial charge in [0, 0.05) is 58.7 Å². The third-order valence-electron chi connectivity index (χ3n) is 11.7. The van der Waals surface area contributed by atoms with Crippen molar-refractivity contribution >= 4 is 75.1 Å². The smallest absolute Gasteiger partial charge is 0.0634 e. The molecular weight excluding hydrogens is 709 g/mol. The van der Waals surface area contributed by atoms with Crippen molar-refractivity contribution in [3.63, 3.8) is 0 Å². The molecule has 12 rings (SSSR count). The van der Waals surface area contributed by atoms with Gasteiger partial charge in [-0.25, -0.2) is 0 Å². The van der Waals surface area contributed by atoms with Gasteiger partial charge in [0.25, 0.3) is 0 Å². The molecule has 0 atom stereocenters. The van der Waals surface area contributed by atoms with Gasteiger partial charge >= 0.3 is 0 Å². The van der Waals surface area contributed by atoms with E-state index in [-0.39, 0.29) is 0 Å². The van der Waals surface area contributed by atoms with Crippen LogP contribution < -0.4 is 0 Å². The molecule has 2 nitrogen and oxygen atoms in total. The fourth-order valence-electron chi connectivity index (χ4n) is 9.15. The van der Waals surface area contributed by atoms with Crippen LogP contribution in [-0.2, 0) is 0 Å². The molecule has 3 aromatic heterocycles. The van der Waals surface area contributed by atoms with Gasteiger partial charge in [-0.3, -0.25) is 0 Å². The Hall–Kier alpha value is -7.20. The lowest BCUT2D eigenvalue weighted by atomic mass is 9.97. The second kappa shape index (κ2) is 12.7. The van der Waals surface area contributed by atoms with Crippen LogP contribution in [0, 0.1) is 0 Å². The van der Waals surface area contributed by atoms with Crippen molar-refractivity contribution in [2.45, 2.75) is 0 Å². The van der Waals surface area contributed by atoms with Crippen LogP contribution in [0.5, 0.6) is 0 Å². The lowest BCUT2D eigenvalue weighted by Gasteiger charge is -2.13. The Labute approximate surface area is 333 Å². The number of aromatic nitrogens is 2. The summed E-state index contributed by atoms with van der Waals surface area (Å²) in [7, 11) is 0. The molecule has 266 valence electrons. The normalized spacial score (nSPS) is 11.9. The van der Waals surface area contributed by atoms with Crippen molar-refractivity contribution in [2.24, 2.45) is 0 Å². The van der Waals surface area contributed by atoms with Crippen LogP contribution in [0.4, 0.5) is 0 Å². The fourth-order valence-corrected chi connectivity index (χ4v) is 10.4. The second-order valence-corrected chi connectivity index (χ2v) is 15.9. The summed E-state index contributed by atoms with van der Waals surface area (Å²) in [4.78, 5) is 0. The number of nitrogens with zero attached hydrogens (tertiary/aromatic N) is 2. The van der Waals surface area contributed by atoms with Crippen molar-refractivity contribution in [3.05, 3.63) is 206 Å². The maximum absolute atomic E-state index is 2.50. The largest absolute Gasteiger partial charge is 0.309 e. The summed E-state index contributed by atoms with van der Waals surface area (Å²) in [6.45, 7) is 0. The van der Waals surface area contributed by atoms with Crippen molar-refractivity contribution < 1.29 is 0 Å². The minimum Gasteiger partial charge on any atom is -0.309 e. The molecule has 12 aromatic rings. The molecule has 0 aliphatic heterocycles. The molecule has 0 N–H and O–H groups in total. The second-order valence-electron chi connectivity index (χ2n) is 14.9. The zero-order valence-electron chi connectivity index (χ0n) is 30.9. The summed E-state index contributed by atoms with van der Waals surface area (Å²) in [5.41, 5.74) is 14.6. The monoisotopic (exact) mass is 742 g/mol. The van der Waals surface area contributed by atoms with E-state index in [2.05, 4.69) is 215 Å². The highest BCUT2D eigenvalue weighted by Gasteiger charge is 2.22. The first-order chi connectivity index (χ1) is 28.3. The molecule has 0 aliphatic rings. The average molecular weight is 743 g/mol. The maximum atomic E-state index is 2.50. The number of para-hydroxylation sites is 2. The van der Waals surface area contributed by atoms with E-state index in [1.54, 1.807) is 0 Å². The first kappa shape index (κ1) is 32.1. The minimum absolute atomic E-state index is 1.16. The number of fused-ring (bicyclic) bond motifs is 10. The molecule has 3 heterocycles. The Morgan fingerprint density at radius 3 is 1.53 bits per heavy atom. The summed E-state index contributed by atoms with van der Waals surface area (Å²) in [5, 5.41) is 7.63. The molecule has 0 saturated heterocycles. The van der Waals surface area contributed by atoms with Crippen LogP contribution >= 0.6 is 11.3 Å². The number of rotatable bonds is 5. The molecule has 0 fully saturated rings. The molecular formula is C54H34N2S. The fraction of sp³-hybridized carbons (Fsp3) is 0. The predicted molar refractivity (Wildman–Crippen MR) is 244 cm³/mol. The summed E-state index contributed by atoms with van der Waals surface area (Å²) < 4.78 is 7.54. The molecule has 0 amide bonds. The molecule has 0 saturated carbocycles. The zero-order chi connectivity index (χ0) is 37.5. The summed E-state index contributed by atoms with van der Waals surface area (Å²) in [6, 6.07) is 75.5. The minimum atomic E-state index is 1.16. The van der Waals surface area contributed by atoms with Crippen molar-refractivity contribution in [2.75, 3.05) is 0 Å². The van der Waals surface area contributed by atoms with Gasteiger partial charge in [-0.1, -0.05) is 146 Å².